The van der Waals surface area contributed by atoms with E-state index in [9.17, 15) is 18.0 Å². The summed E-state index contributed by atoms with van der Waals surface area (Å²) in [5, 5.41) is 8.65. The van der Waals surface area contributed by atoms with Gasteiger partial charge < -0.3 is 10.8 Å². The Labute approximate surface area is 120 Å². The lowest BCUT2D eigenvalue weighted by Crippen LogP contribution is -2.47. The normalized spacial score (nSPS) is 13.3. The molecule has 1 amide bonds. The molecule has 1 atom stereocenters. The van der Waals surface area contributed by atoms with Crippen LogP contribution in [0.5, 0.6) is 0 Å². The minimum Gasteiger partial charge on any atom is -0.481 e. The highest BCUT2D eigenvalue weighted by atomic mass is 32.2. The first kappa shape index (κ1) is 16.6. The van der Waals surface area contributed by atoms with E-state index in [-0.39, 0.29) is 16.5 Å². The summed E-state index contributed by atoms with van der Waals surface area (Å²) in [4.78, 5) is 22.2. The van der Waals surface area contributed by atoms with Crippen LogP contribution in [-0.4, -0.2) is 31.4 Å². The van der Waals surface area contributed by atoms with Gasteiger partial charge in [-0.05, 0) is 18.1 Å². The van der Waals surface area contributed by atoms with Gasteiger partial charge in [0.05, 0.1) is 6.42 Å². The van der Waals surface area contributed by atoms with Crippen LogP contribution < -0.4 is 10.5 Å². The second kappa shape index (κ2) is 6.33. The maximum absolute atomic E-state index is 12.1. The molecule has 20 heavy (non-hydrogen) atoms. The van der Waals surface area contributed by atoms with Crippen molar-refractivity contribution in [2.45, 2.75) is 30.5 Å². The van der Waals surface area contributed by atoms with Crippen molar-refractivity contribution in [2.75, 3.05) is 0 Å². The van der Waals surface area contributed by atoms with E-state index in [0.717, 1.165) is 11.3 Å². The van der Waals surface area contributed by atoms with Crippen molar-refractivity contribution in [3.8, 4) is 0 Å². The zero-order valence-corrected chi connectivity index (χ0v) is 12.6. The molecule has 0 aromatic carbocycles. The molecule has 112 valence electrons. The van der Waals surface area contributed by atoms with Gasteiger partial charge in [0.25, 0.3) is 10.0 Å². The molecule has 0 bridgehead atoms. The Morgan fingerprint density at radius 3 is 2.45 bits per heavy atom. The summed E-state index contributed by atoms with van der Waals surface area (Å²) in [5.41, 5.74) is 5.15. The van der Waals surface area contributed by atoms with Crippen LogP contribution in [0.3, 0.4) is 0 Å². The van der Waals surface area contributed by atoms with Crippen LogP contribution in [0.4, 0.5) is 0 Å². The summed E-state index contributed by atoms with van der Waals surface area (Å²) in [7, 11) is -3.89. The van der Waals surface area contributed by atoms with Gasteiger partial charge in [-0.1, -0.05) is 13.8 Å². The second-order valence-corrected chi connectivity index (χ2v) is 7.65. The number of thiophene rings is 1. The lowest BCUT2D eigenvalue weighted by molar-refractivity contribution is -0.136. The number of nitrogens with two attached hydrogens (primary N) is 1. The van der Waals surface area contributed by atoms with Gasteiger partial charge in [-0.25, -0.2) is 8.42 Å². The number of nitrogens with one attached hydrogen (secondary N) is 1. The average molecular weight is 320 g/mol. The molecule has 1 aromatic heterocycles. The Bertz CT molecular complexity index is 606. The van der Waals surface area contributed by atoms with E-state index in [4.69, 9.17) is 10.8 Å². The quantitative estimate of drug-likeness (QED) is 0.660. The van der Waals surface area contributed by atoms with Gasteiger partial charge in [-0.2, -0.15) is 4.72 Å². The molecule has 0 fully saturated rings. The summed E-state index contributed by atoms with van der Waals surface area (Å²) < 4.78 is 26.4. The van der Waals surface area contributed by atoms with Gasteiger partial charge in [-0.15, -0.1) is 11.3 Å². The molecule has 7 nitrogen and oxygen atoms in total. The highest BCUT2D eigenvalue weighted by Gasteiger charge is 2.27. The first-order valence-corrected chi connectivity index (χ1v) is 8.05. The fraction of sp³-hybridized carbons (Fsp3) is 0.455. The Morgan fingerprint density at radius 2 is 2.00 bits per heavy atom. The lowest BCUT2D eigenvalue weighted by atomic mass is 10.1. The Hall–Kier alpha value is -1.45. The molecule has 0 radical (unpaired) electrons. The van der Waals surface area contributed by atoms with Crippen LogP contribution >= 0.6 is 11.3 Å². The molecule has 0 saturated carbocycles. The minimum absolute atomic E-state index is 0.0411. The van der Waals surface area contributed by atoms with Gasteiger partial charge in [0.1, 0.15) is 10.3 Å². The Morgan fingerprint density at radius 1 is 1.40 bits per heavy atom. The fourth-order valence-corrected chi connectivity index (χ4v) is 4.21. The third kappa shape index (κ3) is 4.29. The summed E-state index contributed by atoms with van der Waals surface area (Å²) in [6.07, 6.45) is -0.246. The summed E-state index contributed by atoms with van der Waals surface area (Å²) >= 11 is 0.850. The minimum atomic E-state index is -3.89. The predicted molar refractivity (Wildman–Crippen MR) is 73.8 cm³/mol. The summed E-state index contributed by atoms with van der Waals surface area (Å²) in [5.74, 6) is -2.09. The Balaban J connectivity index is 2.96. The van der Waals surface area contributed by atoms with E-state index in [0.29, 0.717) is 4.88 Å². The van der Waals surface area contributed by atoms with Crippen LogP contribution in [-0.2, 0) is 26.0 Å². The highest BCUT2D eigenvalue weighted by molar-refractivity contribution is 7.91. The molecule has 4 N–H and O–H groups in total. The van der Waals surface area contributed by atoms with Gasteiger partial charge >= 0.3 is 5.97 Å². The molecule has 0 saturated heterocycles. The van der Waals surface area contributed by atoms with Gasteiger partial charge in [0, 0.05) is 4.88 Å². The maximum atomic E-state index is 12.1. The second-order valence-electron chi connectivity index (χ2n) is 4.54. The van der Waals surface area contributed by atoms with Crippen molar-refractivity contribution in [2.24, 2.45) is 11.7 Å². The van der Waals surface area contributed by atoms with Crippen molar-refractivity contribution >= 4 is 33.2 Å². The maximum Gasteiger partial charge on any atom is 0.308 e. The number of carboxylic acid groups (broad SMARTS) is 1. The smallest absolute Gasteiger partial charge is 0.308 e. The standard InChI is InChI=1S/C11H16N2O5S2/c1-6(2)10(11(12)16)13-20(17,18)9-4-3-7(19-9)5-8(14)15/h3-4,6,10,13H,5H2,1-2H3,(H2,12,16)(H,14,15). The van der Waals surface area contributed by atoms with E-state index in [1.165, 1.54) is 12.1 Å². The molecule has 0 aliphatic carbocycles. The molecule has 9 heteroatoms. The zero-order valence-electron chi connectivity index (χ0n) is 11.0. The molecular weight excluding hydrogens is 304 g/mol. The lowest BCUT2D eigenvalue weighted by Gasteiger charge is -2.18. The number of sulfonamides is 1. The predicted octanol–water partition coefficient (Wildman–Crippen LogP) is 0.163. The first-order chi connectivity index (χ1) is 9.13. The largest absolute Gasteiger partial charge is 0.481 e. The van der Waals surface area contributed by atoms with Gasteiger partial charge in [0.2, 0.25) is 5.91 Å². The number of hydrogen-bond donors (Lipinski definition) is 3. The number of carbonyl (C=O) groups is 2. The van der Waals surface area contributed by atoms with E-state index >= 15 is 0 Å². The third-order valence-electron chi connectivity index (χ3n) is 2.48. The monoisotopic (exact) mass is 320 g/mol. The fourth-order valence-electron chi connectivity index (χ4n) is 1.49. The van der Waals surface area contributed by atoms with Crippen molar-refractivity contribution in [3.63, 3.8) is 0 Å². The molecule has 0 aliphatic heterocycles. The van der Waals surface area contributed by atoms with Crippen molar-refractivity contribution in [1.82, 2.24) is 4.72 Å². The highest BCUT2D eigenvalue weighted by Crippen LogP contribution is 2.22. The van der Waals surface area contributed by atoms with Crippen LogP contribution in [0.1, 0.15) is 18.7 Å². The van der Waals surface area contributed by atoms with Crippen molar-refractivity contribution in [1.29, 1.82) is 0 Å². The zero-order chi connectivity index (χ0) is 15.5. The molecule has 1 unspecified atom stereocenters. The van der Waals surface area contributed by atoms with Gasteiger partial charge in [-0.3, -0.25) is 9.59 Å². The topological polar surface area (TPSA) is 127 Å². The summed E-state index contributed by atoms with van der Waals surface area (Å²) in [6, 6.07) is 1.73. The number of amides is 1. The number of aliphatic carboxylic acids is 1. The number of carboxylic acids is 1. The van der Waals surface area contributed by atoms with Crippen molar-refractivity contribution < 1.29 is 23.1 Å². The molecule has 0 aliphatic rings. The summed E-state index contributed by atoms with van der Waals surface area (Å²) in [6.45, 7) is 3.34. The van der Waals surface area contributed by atoms with Crippen LogP contribution in [0.15, 0.2) is 16.3 Å². The van der Waals surface area contributed by atoms with Gasteiger partial charge in [0.15, 0.2) is 0 Å². The molecule has 1 heterocycles. The van der Waals surface area contributed by atoms with Crippen LogP contribution in [0.25, 0.3) is 0 Å². The molecular formula is C11H16N2O5S2. The van der Waals surface area contributed by atoms with Crippen LogP contribution in [0.2, 0.25) is 0 Å². The average Bonchev–Trinajstić information content (AvgIpc) is 2.73. The Kier molecular flexibility index (Phi) is 5.26. The van der Waals surface area contributed by atoms with Crippen molar-refractivity contribution in [3.05, 3.63) is 17.0 Å². The molecule has 1 rings (SSSR count). The van der Waals surface area contributed by atoms with Crippen LogP contribution in [0, 0.1) is 5.92 Å². The first-order valence-electron chi connectivity index (χ1n) is 5.75. The number of rotatable bonds is 7. The van der Waals surface area contributed by atoms with E-state index in [2.05, 4.69) is 4.72 Å². The SMILES string of the molecule is CC(C)C(NS(=O)(=O)c1ccc(CC(=O)O)s1)C(N)=O. The van der Waals surface area contributed by atoms with E-state index < -0.39 is 27.9 Å². The number of primary amides is 1. The van der Waals surface area contributed by atoms with E-state index in [1.807, 2.05) is 0 Å². The number of hydrogen-bond acceptors (Lipinski definition) is 5. The number of carbonyl (C=O) groups excluding carboxylic acids is 1. The van der Waals surface area contributed by atoms with E-state index in [1.54, 1.807) is 13.8 Å². The third-order valence-corrected chi connectivity index (χ3v) is 5.50. The molecule has 0 spiro atoms. The molecule has 1 aromatic rings.